The number of pyridine rings is 1. The third-order valence-electron chi connectivity index (χ3n) is 6.92. The fraction of sp³-hybridized carbons (Fsp3) is 0.312. The summed E-state index contributed by atoms with van der Waals surface area (Å²) < 4.78 is 70.2. The Kier molecular flexibility index (Phi) is 11.6. The molecule has 11 heteroatoms. The van der Waals surface area contributed by atoms with Gasteiger partial charge in [0, 0.05) is 48.1 Å². The molecule has 0 radical (unpaired) electrons. The lowest BCUT2D eigenvalue weighted by molar-refractivity contribution is -0.137. The van der Waals surface area contributed by atoms with Crippen molar-refractivity contribution in [2.45, 2.75) is 51.7 Å². The summed E-state index contributed by atoms with van der Waals surface area (Å²) in [7, 11) is 0. The van der Waals surface area contributed by atoms with E-state index in [1.54, 1.807) is 32.3 Å². The quantitative estimate of drug-likeness (QED) is 0.144. The van der Waals surface area contributed by atoms with Gasteiger partial charge in [0.05, 0.1) is 16.1 Å². The van der Waals surface area contributed by atoms with Crippen LogP contribution < -0.4 is 5.32 Å². The van der Waals surface area contributed by atoms with Gasteiger partial charge >= 0.3 is 6.18 Å². The fourth-order valence-electron chi connectivity index (χ4n) is 4.91. The first-order valence-corrected chi connectivity index (χ1v) is 14.0. The number of rotatable bonds is 7. The Labute approximate surface area is 251 Å². The van der Waals surface area contributed by atoms with E-state index in [4.69, 9.17) is 21.5 Å². The molecule has 0 aliphatic carbocycles. The lowest BCUT2D eigenvalue weighted by atomic mass is 9.89. The number of nitrogens with zero attached hydrogens (tertiary/aromatic N) is 1. The molecule has 230 valence electrons. The molecule has 0 saturated carbocycles. The summed E-state index contributed by atoms with van der Waals surface area (Å²) >= 11 is 6.49. The largest absolute Gasteiger partial charge is 0.416 e. The Balaban J connectivity index is 0.000000953. The van der Waals surface area contributed by atoms with Crippen molar-refractivity contribution in [3.63, 3.8) is 0 Å². The number of carbonyl (C=O) groups is 1. The molecule has 2 atom stereocenters. The highest BCUT2D eigenvalue weighted by molar-refractivity contribution is 6.32. The fourth-order valence-corrected chi connectivity index (χ4v) is 5.19. The van der Waals surface area contributed by atoms with Crippen molar-refractivity contribution in [3.05, 3.63) is 105 Å². The molecule has 1 aliphatic heterocycles. The van der Waals surface area contributed by atoms with Crippen LogP contribution in [0.1, 0.15) is 72.5 Å². The first kappa shape index (κ1) is 33.9. The second-order valence-electron chi connectivity index (χ2n) is 9.87. The summed E-state index contributed by atoms with van der Waals surface area (Å²) in [4.78, 5) is 15.5. The predicted molar refractivity (Wildman–Crippen MR) is 159 cm³/mol. The first-order chi connectivity index (χ1) is 20.5. The second kappa shape index (κ2) is 14.7. The van der Waals surface area contributed by atoms with Crippen LogP contribution in [0.15, 0.2) is 54.9 Å². The summed E-state index contributed by atoms with van der Waals surface area (Å²) in [6.07, 6.45) is 1.31. The van der Waals surface area contributed by atoms with Crippen LogP contribution in [0.3, 0.4) is 0 Å². The van der Waals surface area contributed by atoms with Gasteiger partial charge in [-0.25, -0.2) is 13.8 Å². The van der Waals surface area contributed by atoms with Gasteiger partial charge in [0.1, 0.15) is 24.1 Å². The molecule has 1 fully saturated rings. The minimum absolute atomic E-state index is 0.0380. The maximum absolute atomic E-state index is 16.1. The normalized spacial score (nSPS) is 15.3. The standard InChI is InChI=1S/C29H25ClF5N3.C2H6O.CH2O/c1-3-4-19(20-12-37-28-25(20)26(23-14-36-23)21(30)13-38-28)24-22(31)10-7-17(27(24)32)11-15(2)16-5-8-18(9-6-16)29(33,34)35;1-2-3;1-2/h4-10,12-13,15,23,36H,3,11,14H2,1-2H3,(H,37,38);3H,2H2,1H3;1H2/b19-4-;;. The molecule has 0 spiro atoms. The van der Waals surface area contributed by atoms with Gasteiger partial charge in [-0.15, -0.1) is 0 Å². The van der Waals surface area contributed by atoms with Gasteiger partial charge in [0.25, 0.3) is 0 Å². The average Bonchev–Trinajstić information content (AvgIpc) is 3.73. The molecule has 2 unspecified atom stereocenters. The zero-order chi connectivity index (χ0) is 31.9. The molecule has 3 N–H and O–H groups in total. The van der Waals surface area contributed by atoms with E-state index in [9.17, 15) is 13.2 Å². The molecule has 2 aromatic heterocycles. The summed E-state index contributed by atoms with van der Waals surface area (Å²) in [5.41, 5.74) is 2.41. The third kappa shape index (κ3) is 7.68. The summed E-state index contributed by atoms with van der Waals surface area (Å²) in [5.74, 6) is -1.70. The van der Waals surface area contributed by atoms with E-state index >= 15 is 8.78 Å². The van der Waals surface area contributed by atoms with Gasteiger partial charge in [0.15, 0.2) is 0 Å². The zero-order valence-corrected chi connectivity index (χ0v) is 24.7. The molecule has 0 amide bonds. The van der Waals surface area contributed by atoms with Gasteiger partial charge in [-0.05, 0) is 60.6 Å². The van der Waals surface area contributed by atoms with Crippen molar-refractivity contribution in [2.24, 2.45) is 0 Å². The van der Waals surface area contributed by atoms with Crippen LogP contribution in [0.2, 0.25) is 5.02 Å². The molecular weight excluding hydrogens is 589 g/mol. The molecule has 3 heterocycles. The van der Waals surface area contributed by atoms with Gasteiger partial charge in [0.2, 0.25) is 0 Å². The predicted octanol–water partition coefficient (Wildman–Crippen LogP) is 8.16. The number of alkyl halides is 3. The van der Waals surface area contributed by atoms with Crippen molar-refractivity contribution in [1.82, 2.24) is 15.3 Å². The molecular formula is C32H33ClF5N3O2. The van der Waals surface area contributed by atoms with Crippen LogP contribution in [0, 0.1) is 11.6 Å². The number of allylic oxidation sites excluding steroid dienone is 1. The highest BCUT2D eigenvalue weighted by Gasteiger charge is 2.32. The number of aromatic amines is 1. The molecule has 1 aliphatic rings. The third-order valence-corrected chi connectivity index (χ3v) is 7.22. The van der Waals surface area contributed by atoms with Crippen LogP contribution >= 0.6 is 11.6 Å². The number of halogens is 6. The van der Waals surface area contributed by atoms with E-state index < -0.39 is 23.4 Å². The minimum Gasteiger partial charge on any atom is -0.397 e. The van der Waals surface area contributed by atoms with E-state index in [2.05, 4.69) is 15.3 Å². The van der Waals surface area contributed by atoms with E-state index in [0.717, 1.165) is 29.6 Å². The van der Waals surface area contributed by atoms with Crippen LogP contribution in [0.4, 0.5) is 22.0 Å². The summed E-state index contributed by atoms with van der Waals surface area (Å²) in [5, 5.41) is 12.0. The van der Waals surface area contributed by atoms with Crippen molar-refractivity contribution >= 4 is 35.0 Å². The number of carbonyl (C=O) groups excluding carboxylic acids is 1. The van der Waals surface area contributed by atoms with E-state index in [0.29, 0.717) is 33.8 Å². The summed E-state index contributed by atoms with van der Waals surface area (Å²) in [6.45, 7) is 8.36. The molecule has 5 nitrogen and oxygen atoms in total. The number of hydrogen-bond donors (Lipinski definition) is 3. The number of aromatic nitrogens is 2. The Bertz CT molecular complexity index is 1560. The molecule has 5 rings (SSSR count). The molecule has 1 saturated heterocycles. The Hall–Kier alpha value is -3.60. The maximum atomic E-state index is 16.1. The molecule has 4 aromatic rings. The van der Waals surface area contributed by atoms with E-state index in [1.807, 2.05) is 13.7 Å². The van der Waals surface area contributed by atoms with Gasteiger partial charge < -0.3 is 20.2 Å². The van der Waals surface area contributed by atoms with Gasteiger partial charge in [-0.2, -0.15) is 13.2 Å². The van der Waals surface area contributed by atoms with Crippen LogP contribution in [-0.4, -0.2) is 35.0 Å². The molecule has 2 aromatic carbocycles. The lowest BCUT2D eigenvalue weighted by Crippen LogP contribution is -2.07. The molecule has 0 bridgehead atoms. The molecule has 43 heavy (non-hydrogen) atoms. The van der Waals surface area contributed by atoms with Crippen molar-refractivity contribution in [2.75, 3.05) is 13.2 Å². The highest BCUT2D eigenvalue weighted by atomic mass is 35.5. The SMILES string of the molecule is C=O.CC/C=C(\c1c(F)ccc(CC(C)c2ccc(C(F)(F)F)cc2)c1F)c1c[nH]c2ncc(Cl)c(C3CN3)c12.CCO. The number of aliphatic hydroxyl groups excluding tert-OH is 1. The van der Waals surface area contributed by atoms with Gasteiger partial charge in [-0.1, -0.05) is 49.7 Å². The number of aliphatic hydroxyl groups is 1. The minimum atomic E-state index is -4.43. The smallest absolute Gasteiger partial charge is 0.397 e. The topological polar surface area (TPSA) is 87.9 Å². The number of hydrogen-bond acceptors (Lipinski definition) is 4. The van der Waals surface area contributed by atoms with Crippen LogP contribution in [-0.2, 0) is 17.4 Å². The van der Waals surface area contributed by atoms with Crippen molar-refractivity contribution < 1.29 is 31.9 Å². The highest BCUT2D eigenvalue weighted by Crippen LogP contribution is 2.41. The van der Waals surface area contributed by atoms with Crippen LogP contribution in [0.5, 0.6) is 0 Å². The monoisotopic (exact) mass is 621 g/mol. The number of benzene rings is 2. The Morgan fingerprint density at radius 3 is 2.35 bits per heavy atom. The Morgan fingerprint density at radius 1 is 1.16 bits per heavy atom. The lowest BCUT2D eigenvalue weighted by Gasteiger charge is -2.17. The Morgan fingerprint density at radius 2 is 1.79 bits per heavy atom. The van der Waals surface area contributed by atoms with Crippen molar-refractivity contribution in [3.8, 4) is 0 Å². The number of fused-ring (bicyclic) bond motifs is 1. The van der Waals surface area contributed by atoms with E-state index in [1.165, 1.54) is 24.3 Å². The zero-order valence-electron chi connectivity index (χ0n) is 24.0. The second-order valence-corrected chi connectivity index (χ2v) is 10.3. The summed E-state index contributed by atoms with van der Waals surface area (Å²) in [6, 6.07) is 7.50. The van der Waals surface area contributed by atoms with Crippen LogP contribution in [0.25, 0.3) is 16.6 Å². The number of nitrogens with one attached hydrogen (secondary N) is 2. The number of H-pyrrole nitrogens is 1. The van der Waals surface area contributed by atoms with E-state index in [-0.39, 0.29) is 36.1 Å². The van der Waals surface area contributed by atoms with Crippen molar-refractivity contribution in [1.29, 1.82) is 0 Å². The van der Waals surface area contributed by atoms with Gasteiger partial charge in [-0.3, -0.25) is 0 Å². The maximum Gasteiger partial charge on any atom is 0.416 e. The average molecular weight is 622 g/mol. The first-order valence-electron chi connectivity index (χ1n) is 13.6.